The van der Waals surface area contributed by atoms with E-state index in [1.54, 1.807) is 0 Å². The molecule has 0 aliphatic heterocycles. The van der Waals surface area contributed by atoms with E-state index in [0.717, 1.165) is 16.8 Å². The van der Waals surface area contributed by atoms with Gasteiger partial charge in [-0.2, -0.15) is 0 Å². The number of benzene rings is 1. The molecule has 0 aromatic heterocycles. The number of rotatable bonds is 3. The first-order valence-corrected chi connectivity index (χ1v) is 7.75. The van der Waals surface area contributed by atoms with Crippen molar-refractivity contribution in [1.29, 1.82) is 0 Å². The topological polar surface area (TPSA) is 29.1 Å². The number of hydrogen-bond acceptors (Lipinski definition) is 1. The van der Waals surface area contributed by atoms with Gasteiger partial charge >= 0.3 is 0 Å². The van der Waals surface area contributed by atoms with Gasteiger partial charge in [-0.15, -0.1) is 0 Å². The average Bonchev–Trinajstić information content (AvgIpc) is 2.84. The van der Waals surface area contributed by atoms with E-state index in [1.165, 1.54) is 5.57 Å². The number of carbonyl (C=O) groups is 1. The molecule has 1 aliphatic rings. The molecule has 0 spiro atoms. The predicted molar refractivity (Wildman–Crippen MR) is 89.7 cm³/mol. The number of allylic oxidation sites excluding steroid dienone is 2. The second kappa shape index (κ2) is 5.49. The largest absolute Gasteiger partial charge is 0.324 e. The molecule has 2 nitrogen and oxygen atoms in total. The molecule has 1 aromatic rings. The molecule has 2 atom stereocenters. The van der Waals surface area contributed by atoms with Gasteiger partial charge in [0, 0.05) is 0 Å². The SMILES string of the molecule is CC(C)=C[C@@H]1[C@@H](C(=O)Nc2c(C)cc(C)cc2Cl)C1(C)C. The van der Waals surface area contributed by atoms with Crippen LogP contribution in [0.5, 0.6) is 0 Å². The van der Waals surface area contributed by atoms with Crippen LogP contribution in [0.4, 0.5) is 5.69 Å². The van der Waals surface area contributed by atoms with Crippen LogP contribution in [0.15, 0.2) is 23.8 Å². The van der Waals surface area contributed by atoms with E-state index in [2.05, 4.69) is 39.1 Å². The van der Waals surface area contributed by atoms with Crippen molar-refractivity contribution in [1.82, 2.24) is 0 Å². The maximum atomic E-state index is 12.6. The Morgan fingerprint density at radius 2 is 1.90 bits per heavy atom. The van der Waals surface area contributed by atoms with E-state index >= 15 is 0 Å². The van der Waals surface area contributed by atoms with Gasteiger partial charge in [0.1, 0.15) is 0 Å². The number of carbonyl (C=O) groups excluding carboxylic acids is 1. The van der Waals surface area contributed by atoms with Crippen molar-refractivity contribution in [3.8, 4) is 0 Å². The molecule has 0 bridgehead atoms. The lowest BCUT2D eigenvalue weighted by molar-refractivity contribution is -0.118. The first-order chi connectivity index (χ1) is 9.64. The molecular formula is C18H24ClNO. The van der Waals surface area contributed by atoms with E-state index in [-0.39, 0.29) is 17.2 Å². The van der Waals surface area contributed by atoms with Crippen LogP contribution in [0, 0.1) is 31.1 Å². The number of halogens is 1. The summed E-state index contributed by atoms with van der Waals surface area (Å²) < 4.78 is 0. The first kappa shape index (κ1) is 16.1. The molecule has 21 heavy (non-hydrogen) atoms. The zero-order valence-electron chi connectivity index (χ0n) is 13.7. The number of aryl methyl sites for hydroxylation is 2. The van der Waals surface area contributed by atoms with Gasteiger partial charge in [0.05, 0.1) is 16.6 Å². The third-order valence-electron chi connectivity index (χ3n) is 4.39. The van der Waals surface area contributed by atoms with E-state index < -0.39 is 0 Å². The fourth-order valence-corrected chi connectivity index (χ4v) is 3.49. The van der Waals surface area contributed by atoms with Crippen molar-refractivity contribution in [3.63, 3.8) is 0 Å². The van der Waals surface area contributed by atoms with E-state index in [0.29, 0.717) is 10.9 Å². The van der Waals surface area contributed by atoms with Crippen molar-refractivity contribution in [2.24, 2.45) is 17.3 Å². The summed E-state index contributed by atoms with van der Waals surface area (Å²) in [4.78, 5) is 12.6. The molecule has 0 unspecified atom stereocenters. The maximum Gasteiger partial charge on any atom is 0.228 e. The molecule has 114 valence electrons. The summed E-state index contributed by atoms with van der Waals surface area (Å²) in [7, 11) is 0. The van der Waals surface area contributed by atoms with Crippen LogP contribution in [0.2, 0.25) is 5.02 Å². The lowest BCUT2D eigenvalue weighted by Crippen LogP contribution is -2.18. The fraction of sp³-hybridized carbons (Fsp3) is 0.500. The molecule has 1 fully saturated rings. The first-order valence-electron chi connectivity index (χ1n) is 7.37. The third-order valence-corrected chi connectivity index (χ3v) is 4.68. The summed E-state index contributed by atoms with van der Waals surface area (Å²) in [6.07, 6.45) is 2.20. The highest BCUT2D eigenvalue weighted by Crippen LogP contribution is 2.59. The van der Waals surface area contributed by atoms with Gasteiger partial charge in [-0.05, 0) is 56.2 Å². The monoisotopic (exact) mass is 305 g/mol. The Bertz CT molecular complexity index is 589. The van der Waals surface area contributed by atoms with Crippen LogP contribution in [-0.4, -0.2) is 5.91 Å². The van der Waals surface area contributed by atoms with E-state index in [1.807, 2.05) is 26.0 Å². The Labute approximate surface area is 132 Å². The van der Waals surface area contributed by atoms with Gasteiger partial charge in [0.25, 0.3) is 0 Å². The molecule has 0 saturated heterocycles. The van der Waals surface area contributed by atoms with E-state index in [4.69, 9.17) is 11.6 Å². The minimum absolute atomic E-state index is 0.0177. The quantitative estimate of drug-likeness (QED) is 0.770. The Morgan fingerprint density at radius 3 is 2.43 bits per heavy atom. The van der Waals surface area contributed by atoms with Crippen LogP contribution >= 0.6 is 11.6 Å². The van der Waals surface area contributed by atoms with Crippen molar-refractivity contribution in [3.05, 3.63) is 39.9 Å². The van der Waals surface area contributed by atoms with Crippen molar-refractivity contribution in [2.75, 3.05) is 5.32 Å². The summed E-state index contributed by atoms with van der Waals surface area (Å²) in [5.74, 6) is 0.396. The third kappa shape index (κ3) is 3.16. The van der Waals surface area contributed by atoms with E-state index in [9.17, 15) is 4.79 Å². The molecule has 1 saturated carbocycles. The molecular weight excluding hydrogens is 282 g/mol. The van der Waals surface area contributed by atoms with Crippen LogP contribution in [0.1, 0.15) is 38.8 Å². The fourth-order valence-electron chi connectivity index (χ4n) is 3.12. The molecule has 1 amide bonds. The lowest BCUT2D eigenvalue weighted by Gasteiger charge is -2.12. The number of anilines is 1. The van der Waals surface area contributed by atoms with Crippen LogP contribution < -0.4 is 5.32 Å². The molecule has 2 rings (SSSR count). The summed E-state index contributed by atoms with van der Waals surface area (Å²) in [6, 6.07) is 3.92. The molecule has 1 aliphatic carbocycles. The van der Waals surface area contributed by atoms with Gasteiger partial charge in [0.15, 0.2) is 0 Å². The Kier molecular flexibility index (Phi) is 4.21. The van der Waals surface area contributed by atoms with Crippen molar-refractivity contribution >= 4 is 23.2 Å². The predicted octanol–water partition coefficient (Wildman–Crippen LogP) is 5.13. The molecule has 0 radical (unpaired) electrons. The smallest absolute Gasteiger partial charge is 0.228 e. The van der Waals surface area contributed by atoms with Crippen LogP contribution in [0.3, 0.4) is 0 Å². The second-order valence-corrected chi connectivity index (χ2v) is 7.40. The van der Waals surface area contributed by atoms with Crippen LogP contribution in [-0.2, 0) is 4.79 Å². The Morgan fingerprint density at radius 1 is 1.29 bits per heavy atom. The molecule has 3 heteroatoms. The number of amides is 1. The molecule has 1 N–H and O–H groups in total. The van der Waals surface area contributed by atoms with Crippen LogP contribution in [0.25, 0.3) is 0 Å². The zero-order chi connectivity index (χ0) is 15.9. The summed E-state index contributed by atoms with van der Waals surface area (Å²) in [6.45, 7) is 12.4. The van der Waals surface area contributed by atoms with Crippen molar-refractivity contribution < 1.29 is 4.79 Å². The highest BCUT2D eigenvalue weighted by Gasteiger charge is 2.60. The summed E-state index contributed by atoms with van der Waals surface area (Å²) in [5.41, 5.74) is 4.13. The normalized spacial score (nSPS) is 22.6. The minimum atomic E-state index is 0.0177. The van der Waals surface area contributed by atoms with Crippen molar-refractivity contribution in [2.45, 2.75) is 41.5 Å². The average molecular weight is 306 g/mol. The molecule has 1 aromatic carbocycles. The lowest BCUT2D eigenvalue weighted by atomic mass is 10.1. The minimum Gasteiger partial charge on any atom is -0.324 e. The number of hydrogen-bond donors (Lipinski definition) is 1. The van der Waals surface area contributed by atoms with Gasteiger partial charge in [-0.25, -0.2) is 0 Å². The van der Waals surface area contributed by atoms with Gasteiger partial charge in [-0.3, -0.25) is 4.79 Å². The summed E-state index contributed by atoms with van der Waals surface area (Å²) >= 11 is 6.27. The maximum absolute atomic E-state index is 12.6. The second-order valence-electron chi connectivity index (χ2n) is 7.00. The standard InChI is InChI=1S/C18H24ClNO/c1-10(2)7-13-15(18(13,5)6)17(21)20-16-12(4)8-11(3)9-14(16)19/h7-9,13,15H,1-6H3,(H,20,21)/t13-,15+/m1/s1. The molecule has 0 heterocycles. The van der Waals surface area contributed by atoms with Gasteiger partial charge < -0.3 is 5.32 Å². The van der Waals surface area contributed by atoms with Gasteiger partial charge in [0.2, 0.25) is 5.91 Å². The van der Waals surface area contributed by atoms with Gasteiger partial charge in [-0.1, -0.05) is 43.2 Å². The Balaban J connectivity index is 2.19. The highest BCUT2D eigenvalue weighted by atomic mass is 35.5. The zero-order valence-corrected chi connectivity index (χ0v) is 14.4. The summed E-state index contributed by atoms with van der Waals surface area (Å²) in [5, 5.41) is 3.64. The Hall–Kier alpha value is -1.28. The highest BCUT2D eigenvalue weighted by molar-refractivity contribution is 6.34. The number of nitrogens with one attached hydrogen (secondary N) is 1.